The first-order valence-corrected chi connectivity index (χ1v) is 28.0. The van der Waals surface area contributed by atoms with Crippen LogP contribution < -0.4 is 26.6 Å². The number of rotatable bonds is 31. The van der Waals surface area contributed by atoms with Crippen molar-refractivity contribution in [3.05, 3.63) is 45.9 Å². The van der Waals surface area contributed by atoms with Crippen molar-refractivity contribution in [2.75, 3.05) is 26.0 Å². The molecule has 1 aliphatic heterocycles. The summed E-state index contributed by atoms with van der Waals surface area (Å²) in [6.07, 6.45) is 4.99. The van der Waals surface area contributed by atoms with Gasteiger partial charge >= 0.3 is 11.9 Å². The number of thiazole rings is 1. The van der Waals surface area contributed by atoms with Crippen LogP contribution in [0.15, 0.2) is 29.6 Å². The van der Waals surface area contributed by atoms with E-state index in [1.54, 1.807) is 62.4 Å². The van der Waals surface area contributed by atoms with Gasteiger partial charge in [-0.05, 0) is 95.0 Å². The van der Waals surface area contributed by atoms with E-state index in [0.29, 0.717) is 23.5 Å². The van der Waals surface area contributed by atoms with E-state index in [1.165, 1.54) is 20.8 Å². The number of aromatic nitrogens is 1. The van der Waals surface area contributed by atoms with E-state index in [1.807, 2.05) is 48.6 Å². The summed E-state index contributed by atoms with van der Waals surface area (Å²) in [5.41, 5.74) is 0.543. The molecule has 19 nitrogen and oxygen atoms in total. The second-order valence-electron chi connectivity index (χ2n) is 21.8. The standard InChI is InChI=1S/C56H88N8O11S/c1-15-17-18-20-43(58-37(10)65)50(69)62-48(33(5)6)52(71)57-36(9)49(68)59-40-23-21-39(22-24-40)28-41(27-35(8)55(73)74)60-51(70)44-31-76-53(61-44)46(75-38(11)66)30-45(32(3)4)64(14)54(72)42(34(7)16-2)29-47(67)56(12)25-19-26-63(56)13/h21-24,31-36,41-43,45-46,48H,15-20,25-30H2,1-14H3,(H,57,71)(H,58,65)(H,59,68)(H,60,70)(H,62,69)(H,73,74)/t34-,35-,36-,41+,42-,43-,45+,46+,48-,56+/m0/s1. The number of hydrogen-bond acceptors (Lipinski definition) is 13. The fourth-order valence-corrected chi connectivity index (χ4v) is 10.5. The minimum atomic E-state index is -1.04. The Bertz CT molecular complexity index is 2310. The van der Waals surface area contributed by atoms with Crippen LogP contribution >= 0.6 is 11.3 Å². The zero-order chi connectivity index (χ0) is 57.2. The van der Waals surface area contributed by atoms with Gasteiger partial charge in [0, 0.05) is 62.8 Å². The number of benzene rings is 1. The van der Waals surface area contributed by atoms with Crippen molar-refractivity contribution < 1.29 is 53.0 Å². The first-order valence-electron chi connectivity index (χ1n) is 27.1. The van der Waals surface area contributed by atoms with E-state index in [4.69, 9.17) is 4.74 Å². The number of aliphatic carboxylic acids is 1. The Balaban J connectivity index is 1.75. The zero-order valence-electron chi connectivity index (χ0n) is 47.5. The number of hydrogen-bond donors (Lipinski definition) is 6. The van der Waals surface area contributed by atoms with Crippen molar-refractivity contribution in [1.29, 1.82) is 0 Å². The first-order chi connectivity index (χ1) is 35.6. The van der Waals surface area contributed by atoms with Crippen molar-refractivity contribution in [2.24, 2.45) is 29.6 Å². The zero-order valence-corrected chi connectivity index (χ0v) is 48.3. The van der Waals surface area contributed by atoms with Crippen molar-refractivity contribution in [3.8, 4) is 0 Å². The first kappa shape index (κ1) is 64.5. The fourth-order valence-electron chi connectivity index (χ4n) is 9.66. The topological polar surface area (TPSA) is 263 Å². The smallest absolute Gasteiger partial charge is 0.306 e. The summed E-state index contributed by atoms with van der Waals surface area (Å²) in [7, 11) is 3.68. The number of unbranched alkanes of at least 4 members (excludes halogenated alkanes) is 2. The maximum absolute atomic E-state index is 14.5. The van der Waals surface area contributed by atoms with Gasteiger partial charge in [-0.25, -0.2) is 4.98 Å². The number of likely N-dealkylation sites (tertiary alicyclic amines) is 1. The second-order valence-corrected chi connectivity index (χ2v) is 22.7. The molecule has 1 aliphatic rings. The van der Waals surface area contributed by atoms with Crippen LogP contribution in [0.25, 0.3) is 0 Å². The quantitative estimate of drug-likeness (QED) is 0.0334. The molecule has 0 radical (unpaired) electrons. The predicted octanol–water partition coefficient (Wildman–Crippen LogP) is 6.85. The highest BCUT2D eigenvalue weighted by Gasteiger charge is 2.44. The summed E-state index contributed by atoms with van der Waals surface area (Å²) < 4.78 is 5.83. The van der Waals surface area contributed by atoms with Crippen molar-refractivity contribution >= 4 is 70.2 Å². The molecule has 424 valence electrons. The molecular weight excluding hydrogens is 993 g/mol. The second kappa shape index (κ2) is 30.3. The number of esters is 1. The number of ketones is 1. The van der Waals surface area contributed by atoms with Crippen LogP contribution in [-0.4, -0.2) is 129 Å². The number of carboxylic acid groups (broad SMARTS) is 1. The Morgan fingerprint density at radius 3 is 2.05 bits per heavy atom. The Labute approximate surface area is 454 Å². The number of carboxylic acids is 1. The molecule has 0 saturated carbocycles. The monoisotopic (exact) mass is 1080 g/mol. The van der Waals surface area contributed by atoms with Gasteiger partial charge in [0.2, 0.25) is 29.5 Å². The molecule has 1 aromatic carbocycles. The third-order valence-electron chi connectivity index (χ3n) is 14.9. The molecule has 0 spiro atoms. The van der Waals surface area contributed by atoms with Crippen LogP contribution in [0.5, 0.6) is 0 Å². The highest BCUT2D eigenvalue weighted by atomic mass is 32.1. The summed E-state index contributed by atoms with van der Waals surface area (Å²) in [4.78, 5) is 127. The predicted molar refractivity (Wildman–Crippen MR) is 293 cm³/mol. The Morgan fingerprint density at radius 2 is 1.51 bits per heavy atom. The van der Waals surface area contributed by atoms with Gasteiger partial charge < -0.3 is 41.3 Å². The number of Topliss-reactive ketones (excluding diaryl/α,β-unsaturated/α-hetero) is 1. The van der Waals surface area contributed by atoms with E-state index < -0.39 is 89.3 Å². The lowest BCUT2D eigenvalue weighted by Gasteiger charge is -2.38. The maximum Gasteiger partial charge on any atom is 0.306 e. The average molecular weight is 1080 g/mol. The molecule has 1 saturated heterocycles. The van der Waals surface area contributed by atoms with Gasteiger partial charge in [-0.1, -0.05) is 93.2 Å². The third-order valence-corrected chi connectivity index (χ3v) is 15.9. The maximum atomic E-state index is 14.5. The van der Waals surface area contributed by atoms with Gasteiger partial charge in [-0.15, -0.1) is 11.3 Å². The molecule has 6 amide bonds. The lowest BCUT2D eigenvalue weighted by Crippen LogP contribution is -2.57. The molecule has 0 unspecified atom stereocenters. The fraction of sp³-hybridized carbons (Fsp3) is 0.679. The molecule has 3 rings (SSSR count). The van der Waals surface area contributed by atoms with Gasteiger partial charge in [0.15, 0.2) is 11.9 Å². The molecule has 0 bridgehead atoms. The number of anilines is 1. The Hall–Kier alpha value is -5.76. The van der Waals surface area contributed by atoms with Crippen LogP contribution in [0.2, 0.25) is 0 Å². The number of likely N-dealkylation sites (N-methyl/N-ethyl adjacent to an activating group) is 1. The summed E-state index contributed by atoms with van der Waals surface area (Å²) in [6, 6.07) is 2.87. The molecular formula is C56H88N8O11S. The molecule has 1 aromatic heterocycles. The van der Waals surface area contributed by atoms with Crippen LogP contribution in [0, 0.1) is 29.6 Å². The van der Waals surface area contributed by atoms with Crippen LogP contribution in [0.3, 0.4) is 0 Å². The third kappa shape index (κ3) is 19.1. The number of carbonyl (C=O) groups is 9. The molecule has 2 aromatic rings. The number of nitrogens with one attached hydrogen (secondary N) is 5. The average Bonchev–Trinajstić information content (AvgIpc) is 3.99. The molecule has 0 aliphatic carbocycles. The number of amides is 6. The summed E-state index contributed by atoms with van der Waals surface area (Å²) in [6.45, 7) is 22.0. The Morgan fingerprint density at radius 1 is 0.855 bits per heavy atom. The van der Waals surface area contributed by atoms with Crippen LogP contribution in [0.1, 0.15) is 174 Å². The van der Waals surface area contributed by atoms with Gasteiger partial charge in [0.1, 0.15) is 28.8 Å². The molecule has 6 N–H and O–H groups in total. The lowest BCUT2D eigenvalue weighted by molar-refractivity contribution is -0.150. The van der Waals surface area contributed by atoms with Gasteiger partial charge in [-0.3, -0.25) is 48.1 Å². The molecule has 2 heterocycles. The SMILES string of the molecule is CCCCC[C@H](NC(C)=O)C(=O)N[C@H](C(=O)N[C@@H](C)C(=O)Nc1ccc(C[C@@H](C[C@H](C)C(=O)O)NC(=O)c2csc([C@@H](C[C@H](C(C)C)N(C)C(=O)[C@@H](CC(=O)[C@@]3(C)CCCN3C)[C@@H](C)CC)OC(C)=O)n2)cc1)C(C)C. The van der Waals surface area contributed by atoms with E-state index >= 15 is 0 Å². The summed E-state index contributed by atoms with van der Waals surface area (Å²) >= 11 is 1.13. The minimum Gasteiger partial charge on any atom is -0.481 e. The van der Waals surface area contributed by atoms with Crippen molar-refractivity contribution in [1.82, 2.24) is 36.1 Å². The summed E-state index contributed by atoms with van der Waals surface area (Å²) in [5, 5.41) is 25.6. The summed E-state index contributed by atoms with van der Waals surface area (Å²) in [5.74, 6) is -6.09. The Kier molecular flexibility index (Phi) is 25.7. The number of carbonyl (C=O) groups excluding carboxylic acids is 8. The van der Waals surface area contributed by atoms with Crippen molar-refractivity contribution in [3.63, 3.8) is 0 Å². The van der Waals surface area contributed by atoms with Crippen LogP contribution in [0.4, 0.5) is 5.69 Å². The molecule has 20 heteroatoms. The largest absolute Gasteiger partial charge is 0.481 e. The van der Waals surface area contributed by atoms with Gasteiger partial charge in [0.05, 0.1) is 11.5 Å². The normalized spacial score (nSPS) is 18.2. The highest BCUT2D eigenvalue weighted by molar-refractivity contribution is 7.09. The van der Waals surface area contributed by atoms with Gasteiger partial charge in [-0.2, -0.15) is 0 Å². The lowest BCUT2D eigenvalue weighted by atomic mass is 9.80. The molecule has 76 heavy (non-hydrogen) atoms. The van der Waals surface area contributed by atoms with Crippen molar-refractivity contribution in [2.45, 2.75) is 196 Å². The van der Waals surface area contributed by atoms with E-state index in [2.05, 4.69) is 36.5 Å². The van der Waals surface area contributed by atoms with E-state index in [9.17, 15) is 48.3 Å². The molecule has 1 fully saturated rings. The molecule has 10 atom stereocenters. The minimum absolute atomic E-state index is 0.0364. The number of nitrogens with zero attached hydrogens (tertiary/aromatic N) is 3. The highest BCUT2D eigenvalue weighted by Crippen LogP contribution is 2.35. The van der Waals surface area contributed by atoms with Crippen LogP contribution in [-0.2, 0) is 49.5 Å². The van der Waals surface area contributed by atoms with E-state index in [-0.39, 0.29) is 66.7 Å². The van der Waals surface area contributed by atoms with Gasteiger partial charge in [0.25, 0.3) is 5.91 Å². The van der Waals surface area contributed by atoms with E-state index in [0.717, 1.165) is 55.5 Å². The number of ether oxygens (including phenoxy) is 1.